The standard InChI is InChI=1S/C12H27NO2/c1-9(2)13-10(14-11(3,4)5)15-12(6,7)8/h9-10,13H,1-8H3. The third-order valence-electron chi connectivity index (χ3n) is 1.39. The lowest BCUT2D eigenvalue weighted by Gasteiger charge is -2.33. The van der Waals surface area contributed by atoms with Gasteiger partial charge in [0.05, 0.1) is 11.2 Å². The SMILES string of the molecule is CC(C)NC(OC(C)(C)C)OC(C)(C)C. The van der Waals surface area contributed by atoms with Crippen LogP contribution in [0.15, 0.2) is 0 Å². The molecule has 0 atom stereocenters. The van der Waals surface area contributed by atoms with Crippen LogP contribution < -0.4 is 5.32 Å². The summed E-state index contributed by atoms with van der Waals surface area (Å²) in [6.07, 6.45) is -0.356. The Labute approximate surface area is 94.5 Å². The second-order valence-corrected chi connectivity index (χ2v) is 6.11. The molecule has 0 heterocycles. The van der Waals surface area contributed by atoms with Crippen molar-refractivity contribution in [1.29, 1.82) is 0 Å². The molecule has 0 aliphatic rings. The van der Waals surface area contributed by atoms with Gasteiger partial charge in [0, 0.05) is 6.04 Å². The summed E-state index contributed by atoms with van der Waals surface area (Å²) in [5.41, 5.74) is -0.421. The van der Waals surface area contributed by atoms with E-state index in [0.29, 0.717) is 6.04 Å². The smallest absolute Gasteiger partial charge is 0.217 e. The van der Waals surface area contributed by atoms with Crippen LogP contribution in [0.4, 0.5) is 0 Å². The van der Waals surface area contributed by atoms with E-state index in [2.05, 4.69) is 19.2 Å². The first-order chi connectivity index (χ1) is 6.49. The summed E-state index contributed by atoms with van der Waals surface area (Å²) in [5.74, 6) is 0. The fourth-order valence-corrected chi connectivity index (χ4v) is 1.01. The maximum Gasteiger partial charge on any atom is 0.217 e. The van der Waals surface area contributed by atoms with Crippen molar-refractivity contribution < 1.29 is 9.47 Å². The molecule has 0 unspecified atom stereocenters. The van der Waals surface area contributed by atoms with Crippen molar-refractivity contribution in [3.05, 3.63) is 0 Å². The first-order valence-electron chi connectivity index (χ1n) is 5.61. The van der Waals surface area contributed by atoms with Gasteiger partial charge in [0.25, 0.3) is 0 Å². The first-order valence-corrected chi connectivity index (χ1v) is 5.61. The van der Waals surface area contributed by atoms with Gasteiger partial charge in [-0.25, -0.2) is 0 Å². The summed E-state index contributed by atoms with van der Waals surface area (Å²) >= 11 is 0. The molecule has 0 aliphatic heterocycles. The zero-order chi connectivity index (χ0) is 12.3. The molecule has 0 bridgehead atoms. The summed E-state index contributed by atoms with van der Waals surface area (Å²) in [4.78, 5) is 0. The average Bonchev–Trinajstić information content (AvgIpc) is 1.73. The van der Waals surface area contributed by atoms with Gasteiger partial charge in [-0.1, -0.05) is 0 Å². The lowest BCUT2D eigenvalue weighted by Crippen LogP contribution is -2.46. The van der Waals surface area contributed by atoms with E-state index in [0.717, 1.165) is 0 Å². The van der Waals surface area contributed by atoms with E-state index in [1.54, 1.807) is 0 Å². The van der Waals surface area contributed by atoms with Crippen LogP contribution >= 0.6 is 0 Å². The summed E-state index contributed by atoms with van der Waals surface area (Å²) in [5, 5.41) is 3.25. The lowest BCUT2D eigenvalue weighted by molar-refractivity contribution is -0.249. The van der Waals surface area contributed by atoms with Gasteiger partial charge in [0.15, 0.2) is 0 Å². The average molecular weight is 217 g/mol. The van der Waals surface area contributed by atoms with Crippen molar-refractivity contribution in [1.82, 2.24) is 5.32 Å². The highest BCUT2D eigenvalue weighted by Gasteiger charge is 2.24. The second-order valence-electron chi connectivity index (χ2n) is 6.11. The Morgan fingerprint density at radius 3 is 1.33 bits per heavy atom. The largest absolute Gasteiger partial charge is 0.334 e. The number of hydrogen-bond donors (Lipinski definition) is 1. The van der Waals surface area contributed by atoms with Crippen LogP contribution in [0.25, 0.3) is 0 Å². The third-order valence-corrected chi connectivity index (χ3v) is 1.39. The predicted octanol–water partition coefficient (Wildman–Crippen LogP) is 2.90. The third kappa shape index (κ3) is 10.2. The van der Waals surface area contributed by atoms with Crippen molar-refractivity contribution in [2.24, 2.45) is 0 Å². The van der Waals surface area contributed by atoms with Crippen LogP contribution in [0.5, 0.6) is 0 Å². The molecule has 0 rings (SSSR count). The Morgan fingerprint density at radius 1 is 0.800 bits per heavy atom. The fraction of sp³-hybridized carbons (Fsp3) is 1.00. The molecule has 0 amide bonds. The summed E-state index contributed by atoms with van der Waals surface area (Å²) in [7, 11) is 0. The molecule has 92 valence electrons. The van der Waals surface area contributed by atoms with Crippen molar-refractivity contribution >= 4 is 0 Å². The predicted molar refractivity (Wildman–Crippen MR) is 63.7 cm³/mol. The van der Waals surface area contributed by atoms with Gasteiger partial charge < -0.3 is 9.47 Å². The number of rotatable bonds is 4. The zero-order valence-corrected chi connectivity index (χ0v) is 11.5. The van der Waals surface area contributed by atoms with E-state index < -0.39 is 0 Å². The molecule has 3 nitrogen and oxygen atoms in total. The minimum atomic E-state index is -0.356. The van der Waals surface area contributed by atoms with E-state index in [1.807, 2.05) is 41.5 Å². The number of ether oxygens (including phenoxy) is 2. The van der Waals surface area contributed by atoms with Gasteiger partial charge in [-0.05, 0) is 55.4 Å². The first kappa shape index (κ1) is 14.9. The van der Waals surface area contributed by atoms with Crippen LogP contribution in [-0.4, -0.2) is 23.7 Å². The van der Waals surface area contributed by atoms with Crippen molar-refractivity contribution in [2.45, 2.75) is 79.0 Å². The molecular weight excluding hydrogens is 190 g/mol. The molecule has 0 saturated heterocycles. The van der Waals surface area contributed by atoms with Crippen LogP contribution in [0.1, 0.15) is 55.4 Å². The van der Waals surface area contributed by atoms with Gasteiger partial charge in [0.2, 0.25) is 6.41 Å². The Balaban J connectivity index is 4.32. The molecular formula is C12H27NO2. The molecule has 0 aromatic rings. The van der Waals surface area contributed by atoms with E-state index >= 15 is 0 Å². The highest BCUT2D eigenvalue weighted by Crippen LogP contribution is 2.16. The Hall–Kier alpha value is -0.120. The summed E-state index contributed by atoms with van der Waals surface area (Å²) in [6, 6.07) is 0.333. The molecule has 0 aromatic heterocycles. The monoisotopic (exact) mass is 217 g/mol. The Bertz CT molecular complexity index is 161. The van der Waals surface area contributed by atoms with E-state index in [1.165, 1.54) is 0 Å². The van der Waals surface area contributed by atoms with Crippen LogP contribution in [0.3, 0.4) is 0 Å². The molecule has 0 saturated carbocycles. The summed E-state index contributed by atoms with van der Waals surface area (Å²) in [6.45, 7) is 16.3. The van der Waals surface area contributed by atoms with Gasteiger partial charge in [-0.2, -0.15) is 0 Å². The summed E-state index contributed by atoms with van der Waals surface area (Å²) < 4.78 is 11.6. The van der Waals surface area contributed by atoms with Crippen LogP contribution in [0, 0.1) is 0 Å². The van der Waals surface area contributed by atoms with Gasteiger partial charge in [-0.3, -0.25) is 5.32 Å². The van der Waals surface area contributed by atoms with Crippen LogP contribution in [-0.2, 0) is 9.47 Å². The van der Waals surface area contributed by atoms with Crippen molar-refractivity contribution in [2.75, 3.05) is 0 Å². The van der Waals surface area contributed by atoms with Crippen molar-refractivity contribution in [3.63, 3.8) is 0 Å². The van der Waals surface area contributed by atoms with E-state index in [-0.39, 0.29) is 17.6 Å². The van der Waals surface area contributed by atoms with Gasteiger partial charge in [0.1, 0.15) is 0 Å². The van der Waals surface area contributed by atoms with Crippen LogP contribution in [0.2, 0.25) is 0 Å². The van der Waals surface area contributed by atoms with Gasteiger partial charge in [-0.15, -0.1) is 0 Å². The molecule has 0 aliphatic carbocycles. The Morgan fingerprint density at radius 2 is 1.13 bits per heavy atom. The number of hydrogen-bond acceptors (Lipinski definition) is 3. The molecule has 0 spiro atoms. The quantitative estimate of drug-likeness (QED) is 0.734. The fourth-order valence-electron chi connectivity index (χ4n) is 1.01. The van der Waals surface area contributed by atoms with E-state index in [9.17, 15) is 0 Å². The minimum Gasteiger partial charge on any atom is -0.334 e. The zero-order valence-electron chi connectivity index (χ0n) is 11.5. The minimum absolute atomic E-state index is 0.211. The molecule has 1 N–H and O–H groups in total. The highest BCUT2D eigenvalue weighted by atomic mass is 16.7. The van der Waals surface area contributed by atoms with Gasteiger partial charge >= 0.3 is 0 Å². The highest BCUT2D eigenvalue weighted by molar-refractivity contribution is 4.66. The Kier molecular flexibility index (Phi) is 5.24. The molecule has 15 heavy (non-hydrogen) atoms. The topological polar surface area (TPSA) is 30.5 Å². The molecule has 0 aromatic carbocycles. The maximum atomic E-state index is 5.79. The van der Waals surface area contributed by atoms with E-state index in [4.69, 9.17) is 9.47 Å². The van der Waals surface area contributed by atoms with Crippen molar-refractivity contribution in [3.8, 4) is 0 Å². The normalized spacial score (nSPS) is 14.0. The molecule has 3 heteroatoms. The molecule has 0 fully saturated rings. The second kappa shape index (κ2) is 5.28. The lowest BCUT2D eigenvalue weighted by atomic mass is 10.2. The molecule has 0 radical (unpaired) electrons. The number of nitrogens with one attached hydrogen (secondary N) is 1. The maximum absolute atomic E-state index is 5.79.